The van der Waals surface area contributed by atoms with Crippen LogP contribution >= 0.6 is 0 Å². The van der Waals surface area contributed by atoms with E-state index in [-0.39, 0.29) is 0 Å². The Hall–Kier alpha value is -2.49. The summed E-state index contributed by atoms with van der Waals surface area (Å²) in [6.07, 6.45) is 3.63. The molecule has 0 N–H and O–H groups in total. The molecule has 3 rings (SSSR count). The van der Waals surface area contributed by atoms with Crippen molar-refractivity contribution in [1.29, 1.82) is 0 Å². The second kappa shape index (κ2) is 5.65. The highest BCUT2D eigenvalue weighted by molar-refractivity contribution is 5.58. The zero-order valence-electron chi connectivity index (χ0n) is 11.3. The van der Waals surface area contributed by atoms with Gasteiger partial charge < -0.3 is 9.15 Å². The summed E-state index contributed by atoms with van der Waals surface area (Å²) in [5.41, 5.74) is 2.07. The highest BCUT2D eigenvalue weighted by Gasteiger charge is 2.01. The number of ether oxygens (including phenoxy) is 1. The predicted molar refractivity (Wildman–Crippen MR) is 76.6 cm³/mol. The van der Waals surface area contributed by atoms with Gasteiger partial charge in [-0.15, -0.1) is 0 Å². The summed E-state index contributed by atoms with van der Waals surface area (Å²) in [6.45, 7) is 3.32. The van der Waals surface area contributed by atoms with Crippen molar-refractivity contribution in [2.45, 2.75) is 13.5 Å². The van der Waals surface area contributed by atoms with E-state index in [0.29, 0.717) is 6.61 Å². The maximum absolute atomic E-state index is 5.70. The van der Waals surface area contributed by atoms with Gasteiger partial charge in [0, 0.05) is 11.8 Å². The molecule has 20 heavy (non-hydrogen) atoms. The van der Waals surface area contributed by atoms with Crippen LogP contribution in [0.5, 0.6) is 5.75 Å². The second-order valence-electron chi connectivity index (χ2n) is 4.57. The van der Waals surface area contributed by atoms with E-state index >= 15 is 0 Å². The van der Waals surface area contributed by atoms with Gasteiger partial charge in [0.25, 0.3) is 0 Å². The van der Waals surface area contributed by atoms with Crippen LogP contribution in [0.4, 0.5) is 0 Å². The summed E-state index contributed by atoms with van der Waals surface area (Å²) < 4.78 is 12.9. The van der Waals surface area contributed by atoms with Gasteiger partial charge in [0.05, 0.1) is 18.5 Å². The molecule has 2 heterocycles. The number of benzene rings is 1. The number of furan rings is 1. The Morgan fingerprint density at radius 2 is 2.00 bits per heavy atom. The highest BCUT2D eigenvalue weighted by atomic mass is 16.5. The number of rotatable bonds is 5. The topological polar surface area (TPSA) is 40.2 Å². The Morgan fingerprint density at radius 1 is 1.15 bits per heavy atom. The van der Waals surface area contributed by atoms with Crippen LogP contribution in [0.15, 0.2) is 59.3 Å². The highest BCUT2D eigenvalue weighted by Crippen LogP contribution is 2.22. The van der Waals surface area contributed by atoms with Gasteiger partial charge >= 0.3 is 0 Å². The minimum absolute atomic E-state index is 0.598. The van der Waals surface area contributed by atoms with E-state index in [4.69, 9.17) is 9.15 Å². The standard InChI is InChI=1S/C16H16N2O2/c1-13-8-9-18(17-13)10-12-19-15-6-4-14(5-7-15)16-3-2-11-20-16/h2-9,11H,10,12H2,1H3. The smallest absolute Gasteiger partial charge is 0.133 e. The first-order chi connectivity index (χ1) is 9.81. The number of hydrogen-bond donors (Lipinski definition) is 0. The number of hydrogen-bond acceptors (Lipinski definition) is 3. The fourth-order valence-electron chi connectivity index (χ4n) is 2.00. The maximum Gasteiger partial charge on any atom is 0.133 e. The quantitative estimate of drug-likeness (QED) is 0.710. The third kappa shape index (κ3) is 2.91. The Kier molecular flexibility index (Phi) is 3.54. The Labute approximate surface area is 117 Å². The van der Waals surface area contributed by atoms with E-state index in [0.717, 1.165) is 29.3 Å². The third-order valence-electron chi connectivity index (χ3n) is 3.02. The lowest BCUT2D eigenvalue weighted by atomic mass is 10.2. The van der Waals surface area contributed by atoms with Crippen molar-refractivity contribution in [1.82, 2.24) is 9.78 Å². The summed E-state index contributed by atoms with van der Waals surface area (Å²) in [7, 11) is 0. The van der Waals surface area contributed by atoms with Crippen molar-refractivity contribution in [2.75, 3.05) is 6.61 Å². The fourth-order valence-corrected chi connectivity index (χ4v) is 2.00. The number of aryl methyl sites for hydroxylation is 1. The summed E-state index contributed by atoms with van der Waals surface area (Å²) in [5, 5.41) is 4.31. The van der Waals surface area contributed by atoms with Gasteiger partial charge in [-0.1, -0.05) is 0 Å². The lowest BCUT2D eigenvalue weighted by molar-refractivity contribution is 0.291. The molecular formula is C16H16N2O2. The normalized spacial score (nSPS) is 10.7. The molecule has 3 aromatic rings. The largest absolute Gasteiger partial charge is 0.492 e. The molecule has 0 fully saturated rings. The number of aromatic nitrogens is 2. The van der Waals surface area contributed by atoms with Crippen LogP contribution in [0.3, 0.4) is 0 Å². The van der Waals surface area contributed by atoms with Crippen LogP contribution in [0, 0.1) is 6.92 Å². The second-order valence-corrected chi connectivity index (χ2v) is 4.57. The van der Waals surface area contributed by atoms with Gasteiger partial charge in [0.2, 0.25) is 0 Å². The molecule has 2 aromatic heterocycles. The molecule has 102 valence electrons. The monoisotopic (exact) mass is 268 g/mol. The van der Waals surface area contributed by atoms with Gasteiger partial charge in [-0.25, -0.2) is 0 Å². The molecule has 0 aliphatic heterocycles. The van der Waals surface area contributed by atoms with Crippen molar-refractivity contribution in [3.05, 3.63) is 60.6 Å². The molecule has 4 nitrogen and oxygen atoms in total. The summed E-state index contributed by atoms with van der Waals surface area (Å²) in [5.74, 6) is 1.72. The number of nitrogens with zero attached hydrogens (tertiary/aromatic N) is 2. The van der Waals surface area contributed by atoms with E-state index in [1.165, 1.54) is 0 Å². The molecule has 0 radical (unpaired) electrons. The van der Waals surface area contributed by atoms with E-state index in [1.807, 2.05) is 60.3 Å². The summed E-state index contributed by atoms with van der Waals surface area (Å²) >= 11 is 0. The predicted octanol–water partition coefficient (Wildman–Crippen LogP) is 3.53. The van der Waals surface area contributed by atoms with Crippen LogP contribution in [-0.2, 0) is 6.54 Å². The molecule has 0 bridgehead atoms. The van der Waals surface area contributed by atoms with Crippen molar-refractivity contribution < 1.29 is 9.15 Å². The van der Waals surface area contributed by atoms with Gasteiger partial charge in [0.1, 0.15) is 18.1 Å². The first-order valence-electron chi connectivity index (χ1n) is 6.58. The lowest BCUT2D eigenvalue weighted by Gasteiger charge is -2.07. The minimum Gasteiger partial charge on any atom is -0.492 e. The van der Waals surface area contributed by atoms with Crippen molar-refractivity contribution in [2.24, 2.45) is 0 Å². The first kappa shape index (κ1) is 12.5. The van der Waals surface area contributed by atoms with Crippen LogP contribution in [-0.4, -0.2) is 16.4 Å². The molecule has 0 unspecified atom stereocenters. The molecule has 0 saturated heterocycles. The molecule has 0 spiro atoms. The Morgan fingerprint density at radius 3 is 2.65 bits per heavy atom. The van der Waals surface area contributed by atoms with Crippen LogP contribution in [0.1, 0.15) is 5.69 Å². The van der Waals surface area contributed by atoms with Crippen LogP contribution in [0.2, 0.25) is 0 Å². The van der Waals surface area contributed by atoms with Gasteiger partial charge in [-0.2, -0.15) is 5.10 Å². The third-order valence-corrected chi connectivity index (χ3v) is 3.02. The first-order valence-corrected chi connectivity index (χ1v) is 6.58. The molecule has 4 heteroatoms. The molecule has 0 aliphatic carbocycles. The molecule has 1 aromatic carbocycles. The van der Waals surface area contributed by atoms with E-state index in [9.17, 15) is 0 Å². The van der Waals surface area contributed by atoms with Crippen LogP contribution in [0.25, 0.3) is 11.3 Å². The molecule has 0 saturated carbocycles. The molecular weight excluding hydrogens is 252 g/mol. The molecule has 0 atom stereocenters. The van der Waals surface area contributed by atoms with Gasteiger partial charge in [-0.05, 0) is 49.4 Å². The zero-order chi connectivity index (χ0) is 13.8. The van der Waals surface area contributed by atoms with Crippen molar-refractivity contribution >= 4 is 0 Å². The SMILES string of the molecule is Cc1ccn(CCOc2ccc(-c3ccco3)cc2)n1. The van der Waals surface area contributed by atoms with Gasteiger partial charge in [-0.3, -0.25) is 4.68 Å². The van der Waals surface area contributed by atoms with Gasteiger partial charge in [0.15, 0.2) is 0 Å². The van der Waals surface area contributed by atoms with Crippen molar-refractivity contribution in [3.63, 3.8) is 0 Å². The van der Waals surface area contributed by atoms with Crippen molar-refractivity contribution in [3.8, 4) is 17.1 Å². The maximum atomic E-state index is 5.70. The summed E-state index contributed by atoms with van der Waals surface area (Å²) in [6, 6.07) is 13.7. The van der Waals surface area contributed by atoms with Crippen LogP contribution < -0.4 is 4.74 Å². The van der Waals surface area contributed by atoms with E-state index < -0.39 is 0 Å². The average molecular weight is 268 g/mol. The Bertz CT molecular complexity index is 654. The minimum atomic E-state index is 0.598. The summed E-state index contributed by atoms with van der Waals surface area (Å²) in [4.78, 5) is 0. The lowest BCUT2D eigenvalue weighted by Crippen LogP contribution is -2.08. The fraction of sp³-hybridized carbons (Fsp3) is 0.188. The Balaban J connectivity index is 1.56. The average Bonchev–Trinajstić information content (AvgIpc) is 3.11. The van der Waals surface area contributed by atoms with E-state index in [1.54, 1.807) is 6.26 Å². The molecule has 0 amide bonds. The zero-order valence-corrected chi connectivity index (χ0v) is 11.3. The van der Waals surface area contributed by atoms with E-state index in [2.05, 4.69) is 5.10 Å². The molecule has 0 aliphatic rings.